The molecule has 13 heavy (non-hydrogen) atoms. The highest BCUT2D eigenvalue weighted by Crippen LogP contribution is 2.01. The van der Waals surface area contributed by atoms with Crippen LogP contribution in [0.4, 0.5) is 0 Å². The summed E-state index contributed by atoms with van der Waals surface area (Å²) >= 11 is 0. The molecule has 1 unspecified atom stereocenters. The molecular formula is C11H25NO. The third-order valence-electron chi connectivity index (χ3n) is 2.19. The van der Waals surface area contributed by atoms with Crippen molar-refractivity contribution >= 4 is 0 Å². The lowest BCUT2D eigenvalue weighted by molar-refractivity contribution is 0.172. The van der Waals surface area contributed by atoms with E-state index in [0.717, 1.165) is 13.2 Å². The minimum absolute atomic E-state index is 0.496. The van der Waals surface area contributed by atoms with E-state index >= 15 is 0 Å². The number of nitrogens with one attached hydrogen (secondary N) is 1. The van der Waals surface area contributed by atoms with Crippen LogP contribution in [0.3, 0.4) is 0 Å². The fourth-order valence-electron chi connectivity index (χ4n) is 1.39. The minimum atomic E-state index is 0.496. The smallest absolute Gasteiger partial charge is 0.0613 e. The second kappa shape index (κ2) is 10.0. The third-order valence-corrected chi connectivity index (χ3v) is 2.19. The van der Waals surface area contributed by atoms with Gasteiger partial charge in [-0.1, -0.05) is 32.6 Å². The van der Waals surface area contributed by atoms with E-state index in [4.69, 9.17) is 4.74 Å². The summed E-state index contributed by atoms with van der Waals surface area (Å²) in [4.78, 5) is 0. The molecular weight excluding hydrogens is 162 g/mol. The molecule has 0 aliphatic carbocycles. The summed E-state index contributed by atoms with van der Waals surface area (Å²) in [5.41, 5.74) is 0. The van der Waals surface area contributed by atoms with Gasteiger partial charge in [-0.15, -0.1) is 0 Å². The quantitative estimate of drug-likeness (QED) is 0.560. The summed E-state index contributed by atoms with van der Waals surface area (Å²) < 4.78 is 5.04. The standard InChI is InChI=1S/C11H25NO/c1-4-5-6-7-8-9-12-11(2)10-13-3/h11-12H,4-10H2,1-3H3. The normalized spacial score (nSPS) is 13.2. The zero-order valence-electron chi connectivity index (χ0n) is 9.44. The summed E-state index contributed by atoms with van der Waals surface area (Å²) in [6.45, 7) is 6.36. The highest BCUT2D eigenvalue weighted by molar-refractivity contribution is 4.58. The molecule has 0 spiro atoms. The molecule has 0 rings (SSSR count). The molecule has 0 aliphatic rings. The Balaban J connectivity index is 2.97. The molecule has 2 heteroatoms. The molecule has 0 aromatic heterocycles. The summed E-state index contributed by atoms with van der Waals surface area (Å²) in [5.74, 6) is 0. The van der Waals surface area contributed by atoms with Gasteiger partial charge in [-0.25, -0.2) is 0 Å². The van der Waals surface area contributed by atoms with Crippen LogP contribution in [-0.4, -0.2) is 26.3 Å². The predicted octanol–water partition coefficient (Wildman–Crippen LogP) is 2.58. The van der Waals surface area contributed by atoms with Gasteiger partial charge in [0.25, 0.3) is 0 Å². The first-order chi connectivity index (χ1) is 6.31. The molecule has 0 radical (unpaired) electrons. The number of hydrogen-bond acceptors (Lipinski definition) is 2. The van der Waals surface area contributed by atoms with Gasteiger partial charge in [-0.2, -0.15) is 0 Å². The maximum Gasteiger partial charge on any atom is 0.0613 e. The third kappa shape index (κ3) is 9.84. The van der Waals surface area contributed by atoms with Crippen molar-refractivity contribution in [3.05, 3.63) is 0 Å². The van der Waals surface area contributed by atoms with Gasteiger partial charge in [0.15, 0.2) is 0 Å². The number of ether oxygens (including phenoxy) is 1. The Bertz CT molecular complexity index is 96.1. The van der Waals surface area contributed by atoms with E-state index in [9.17, 15) is 0 Å². The Labute approximate surface area is 83.1 Å². The summed E-state index contributed by atoms with van der Waals surface area (Å²) in [6.07, 6.45) is 6.76. The molecule has 1 atom stereocenters. The van der Waals surface area contributed by atoms with Crippen LogP contribution >= 0.6 is 0 Å². The van der Waals surface area contributed by atoms with Crippen LogP contribution in [0, 0.1) is 0 Å². The molecule has 0 aliphatic heterocycles. The first-order valence-electron chi connectivity index (χ1n) is 5.53. The molecule has 0 amide bonds. The van der Waals surface area contributed by atoms with Gasteiger partial charge in [0.05, 0.1) is 6.61 Å². The fourth-order valence-corrected chi connectivity index (χ4v) is 1.39. The maximum atomic E-state index is 5.04. The zero-order valence-corrected chi connectivity index (χ0v) is 9.44. The highest BCUT2D eigenvalue weighted by atomic mass is 16.5. The SMILES string of the molecule is CCCCCCCNC(C)COC. The van der Waals surface area contributed by atoms with E-state index in [1.807, 2.05) is 0 Å². The van der Waals surface area contributed by atoms with Crippen LogP contribution < -0.4 is 5.32 Å². The molecule has 0 saturated heterocycles. The van der Waals surface area contributed by atoms with Gasteiger partial charge < -0.3 is 10.1 Å². The van der Waals surface area contributed by atoms with Crippen LogP contribution in [0.15, 0.2) is 0 Å². The Kier molecular flexibility index (Phi) is 9.94. The van der Waals surface area contributed by atoms with E-state index < -0.39 is 0 Å². The summed E-state index contributed by atoms with van der Waals surface area (Å²) in [5, 5.41) is 3.44. The largest absolute Gasteiger partial charge is 0.383 e. The molecule has 0 saturated carbocycles. The van der Waals surface area contributed by atoms with Gasteiger partial charge in [-0.3, -0.25) is 0 Å². The van der Waals surface area contributed by atoms with Gasteiger partial charge in [0, 0.05) is 13.2 Å². The van der Waals surface area contributed by atoms with E-state index in [0.29, 0.717) is 6.04 Å². The van der Waals surface area contributed by atoms with Crippen molar-refractivity contribution < 1.29 is 4.74 Å². The first kappa shape index (κ1) is 12.9. The molecule has 0 aromatic carbocycles. The number of rotatable bonds is 9. The van der Waals surface area contributed by atoms with E-state index in [-0.39, 0.29) is 0 Å². The van der Waals surface area contributed by atoms with Gasteiger partial charge in [0.2, 0.25) is 0 Å². The topological polar surface area (TPSA) is 21.3 Å². The van der Waals surface area contributed by atoms with Crippen molar-refractivity contribution in [3.8, 4) is 0 Å². The van der Waals surface area contributed by atoms with Crippen molar-refractivity contribution in [3.63, 3.8) is 0 Å². The summed E-state index contributed by atoms with van der Waals surface area (Å²) in [6, 6.07) is 0.496. The van der Waals surface area contributed by atoms with Crippen molar-refractivity contribution in [2.75, 3.05) is 20.3 Å². The highest BCUT2D eigenvalue weighted by Gasteiger charge is 1.98. The number of hydrogen-bond donors (Lipinski definition) is 1. The Hall–Kier alpha value is -0.0800. The Morgan fingerprint density at radius 2 is 1.85 bits per heavy atom. The van der Waals surface area contributed by atoms with Gasteiger partial charge in [0.1, 0.15) is 0 Å². The number of methoxy groups -OCH3 is 1. The van der Waals surface area contributed by atoms with Crippen LogP contribution in [0.25, 0.3) is 0 Å². The summed E-state index contributed by atoms with van der Waals surface area (Å²) in [7, 11) is 1.75. The predicted molar refractivity (Wildman–Crippen MR) is 58.1 cm³/mol. The van der Waals surface area contributed by atoms with Crippen molar-refractivity contribution in [2.24, 2.45) is 0 Å². The second-order valence-corrected chi connectivity index (χ2v) is 3.72. The van der Waals surface area contributed by atoms with E-state index in [1.54, 1.807) is 7.11 Å². The van der Waals surface area contributed by atoms with Crippen LogP contribution in [0.1, 0.15) is 46.0 Å². The average molecular weight is 187 g/mol. The lowest BCUT2D eigenvalue weighted by Crippen LogP contribution is -2.30. The second-order valence-electron chi connectivity index (χ2n) is 3.72. The van der Waals surface area contributed by atoms with Crippen molar-refractivity contribution in [1.82, 2.24) is 5.32 Å². The average Bonchev–Trinajstić information content (AvgIpc) is 2.11. The van der Waals surface area contributed by atoms with E-state index in [1.165, 1.54) is 32.1 Å². The first-order valence-corrected chi connectivity index (χ1v) is 5.53. The molecule has 2 nitrogen and oxygen atoms in total. The lowest BCUT2D eigenvalue weighted by atomic mass is 10.1. The maximum absolute atomic E-state index is 5.04. The monoisotopic (exact) mass is 187 g/mol. The number of unbranched alkanes of at least 4 members (excludes halogenated alkanes) is 4. The lowest BCUT2D eigenvalue weighted by Gasteiger charge is -2.11. The van der Waals surface area contributed by atoms with Gasteiger partial charge >= 0.3 is 0 Å². The zero-order chi connectivity index (χ0) is 9.94. The minimum Gasteiger partial charge on any atom is -0.383 e. The van der Waals surface area contributed by atoms with Crippen LogP contribution in [-0.2, 0) is 4.74 Å². The van der Waals surface area contributed by atoms with Crippen molar-refractivity contribution in [2.45, 2.75) is 52.0 Å². The molecule has 0 bridgehead atoms. The molecule has 0 heterocycles. The van der Waals surface area contributed by atoms with Crippen LogP contribution in [0.5, 0.6) is 0 Å². The van der Waals surface area contributed by atoms with Gasteiger partial charge in [-0.05, 0) is 19.9 Å². The van der Waals surface area contributed by atoms with Crippen molar-refractivity contribution in [1.29, 1.82) is 0 Å². The Morgan fingerprint density at radius 1 is 1.15 bits per heavy atom. The fraction of sp³-hybridized carbons (Fsp3) is 1.00. The molecule has 0 fully saturated rings. The molecule has 80 valence electrons. The molecule has 1 N–H and O–H groups in total. The van der Waals surface area contributed by atoms with Crippen LogP contribution in [0.2, 0.25) is 0 Å². The Morgan fingerprint density at radius 3 is 2.46 bits per heavy atom. The molecule has 0 aromatic rings. The van der Waals surface area contributed by atoms with E-state index in [2.05, 4.69) is 19.2 Å².